The number of benzene rings is 2. The van der Waals surface area contributed by atoms with Crippen molar-refractivity contribution in [3.8, 4) is 22.9 Å². The molecule has 0 radical (unpaired) electrons. The van der Waals surface area contributed by atoms with Crippen molar-refractivity contribution < 1.29 is 4.74 Å². The highest BCUT2D eigenvalue weighted by Crippen LogP contribution is 2.34. The summed E-state index contributed by atoms with van der Waals surface area (Å²) in [4.78, 5) is 3.97. The molecule has 0 aliphatic rings. The van der Waals surface area contributed by atoms with Crippen LogP contribution < -0.4 is 10.5 Å². The number of aromatic nitrogens is 1. The molecule has 0 aliphatic heterocycles. The first kappa shape index (κ1) is 14.6. The summed E-state index contributed by atoms with van der Waals surface area (Å²) >= 11 is 0. The zero-order valence-corrected chi connectivity index (χ0v) is 12.4. The molecule has 4 nitrogen and oxygen atoms in total. The van der Waals surface area contributed by atoms with E-state index in [-0.39, 0.29) is 0 Å². The van der Waals surface area contributed by atoms with Gasteiger partial charge in [0.1, 0.15) is 24.0 Å². The fourth-order valence-corrected chi connectivity index (χ4v) is 2.34. The molecule has 0 saturated heterocycles. The van der Waals surface area contributed by atoms with Crippen LogP contribution in [0.1, 0.15) is 11.1 Å². The Hall–Kier alpha value is -3.32. The first-order valence-corrected chi connectivity index (χ1v) is 7.19. The summed E-state index contributed by atoms with van der Waals surface area (Å²) in [5, 5.41) is 9.45. The summed E-state index contributed by atoms with van der Waals surface area (Å²) < 4.78 is 5.76. The highest BCUT2D eigenvalue weighted by atomic mass is 16.5. The SMILES string of the molecule is N#Cc1c(OCc2ccncc2)ccc(-c2ccccc2)c1N. The van der Waals surface area contributed by atoms with Gasteiger partial charge in [-0.15, -0.1) is 0 Å². The lowest BCUT2D eigenvalue weighted by Crippen LogP contribution is -2.01. The van der Waals surface area contributed by atoms with Gasteiger partial charge >= 0.3 is 0 Å². The number of nitrogens with two attached hydrogens (primary N) is 1. The van der Waals surface area contributed by atoms with E-state index in [2.05, 4.69) is 11.1 Å². The molecule has 1 aromatic heterocycles. The molecule has 3 aromatic rings. The second-order valence-corrected chi connectivity index (χ2v) is 5.02. The minimum atomic E-state index is 0.361. The Morgan fingerprint density at radius 1 is 1.00 bits per heavy atom. The molecule has 0 unspecified atom stereocenters. The van der Waals surface area contributed by atoms with Crippen LogP contribution in [-0.4, -0.2) is 4.98 Å². The third-order valence-electron chi connectivity index (χ3n) is 3.55. The molecule has 0 amide bonds. The first-order chi connectivity index (χ1) is 11.3. The van der Waals surface area contributed by atoms with Gasteiger partial charge in [0.2, 0.25) is 0 Å². The minimum absolute atomic E-state index is 0.361. The van der Waals surface area contributed by atoms with E-state index in [1.54, 1.807) is 18.5 Å². The second-order valence-electron chi connectivity index (χ2n) is 5.02. The maximum absolute atomic E-state index is 9.45. The lowest BCUT2D eigenvalue weighted by atomic mass is 10.00. The monoisotopic (exact) mass is 301 g/mol. The lowest BCUT2D eigenvalue weighted by Gasteiger charge is -2.13. The van der Waals surface area contributed by atoms with Gasteiger partial charge in [-0.3, -0.25) is 4.98 Å². The number of nitrogens with zero attached hydrogens (tertiary/aromatic N) is 2. The van der Waals surface area contributed by atoms with Crippen molar-refractivity contribution in [2.45, 2.75) is 6.61 Å². The van der Waals surface area contributed by atoms with Crippen molar-refractivity contribution in [2.75, 3.05) is 5.73 Å². The van der Waals surface area contributed by atoms with E-state index < -0.39 is 0 Å². The summed E-state index contributed by atoms with van der Waals surface area (Å²) in [5.41, 5.74) is 9.77. The molecular formula is C19H15N3O. The zero-order valence-electron chi connectivity index (χ0n) is 12.4. The molecule has 2 N–H and O–H groups in total. The number of hydrogen-bond donors (Lipinski definition) is 1. The maximum Gasteiger partial charge on any atom is 0.139 e. The highest BCUT2D eigenvalue weighted by molar-refractivity contribution is 5.82. The quantitative estimate of drug-likeness (QED) is 0.744. The van der Waals surface area contributed by atoms with Crippen LogP contribution in [0.2, 0.25) is 0 Å². The van der Waals surface area contributed by atoms with Gasteiger partial charge in [-0.2, -0.15) is 5.26 Å². The summed E-state index contributed by atoms with van der Waals surface area (Å²) in [5.74, 6) is 0.487. The summed E-state index contributed by atoms with van der Waals surface area (Å²) in [6.45, 7) is 0.362. The predicted molar refractivity (Wildman–Crippen MR) is 89.6 cm³/mol. The van der Waals surface area contributed by atoms with Crippen molar-refractivity contribution in [1.82, 2.24) is 4.98 Å². The van der Waals surface area contributed by atoms with E-state index in [0.29, 0.717) is 23.6 Å². The smallest absolute Gasteiger partial charge is 0.139 e. The molecule has 0 atom stereocenters. The summed E-state index contributed by atoms with van der Waals surface area (Å²) in [6, 6.07) is 19.3. The third kappa shape index (κ3) is 3.14. The second kappa shape index (κ2) is 6.63. The molecule has 1 heterocycles. The van der Waals surface area contributed by atoms with E-state index in [9.17, 15) is 5.26 Å². The molecule has 0 fully saturated rings. The van der Waals surface area contributed by atoms with Gasteiger partial charge in [0, 0.05) is 18.0 Å². The first-order valence-electron chi connectivity index (χ1n) is 7.19. The average molecular weight is 301 g/mol. The third-order valence-corrected chi connectivity index (χ3v) is 3.55. The molecule has 0 spiro atoms. The van der Waals surface area contributed by atoms with Crippen molar-refractivity contribution >= 4 is 5.69 Å². The van der Waals surface area contributed by atoms with E-state index >= 15 is 0 Å². The molecule has 0 saturated carbocycles. The Balaban J connectivity index is 1.91. The number of hydrogen-bond acceptors (Lipinski definition) is 4. The topological polar surface area (TPSA) is 71.9 Å². The van der Waals surface area contributed by atoms with Crippen LogP contribution in [0.4, 0.5) is 5.69 Å². The number of pyridine rings is 1. The van der Waals surface area contributed by atoms with Crippen molar-refractivity contribution in [3.63, 3.8) is 0 Å². The fraction of sp³-hybridized carbons (Fsp3) is 0.0526. The molecule has 4 heteroatoms. The van der Waals surface area contributed by atoms with Gasteiger partial charge in [-0.05, 0) is 35.4 Å². The lowest BCUT2D eigenvalue weighted by molar-refractivity contribution is 0.305. The van der Waals surface area contributed by atoms with Crippen LogP contribution in [0.3, 0.4) is 0 Å². The maximum atomic E-state index is 9.45. The standard InChI is InChI=1S/C19H15N3O/c20-12-17-18(23-13-14-8-10-22-11-9-14)7-6-16(19(17)21)15-4-2-1-3-5-15/h1-11H,13,21H2. The predicted octanol–water partition coefficient (Wildman–Crippen LogP) is 3.78. The van der Waals surface area contributed by atoms with Gasteiger partial charge in [-0.25, -0.2) is 0 Å². The molecule has 0 aliphatic carbocycles. The number of ether oxygens (including phenoxy) is 1. The van der Waals surface area contributed by atoms with Crippen molar-refractivity contribution in [2.24, 2.45) is 0 Å². The van der Waals surface area contributed by atoms with Crippen LogP contribution in [0.5, 0.6) is 5.75 Å². The number of nitriles is 1. The largest absolute Gasteiger partial charge is 0.487 e. The van der Waals surface area contributed by atoms with E-state index in [4.69, 9.17) is 10.5 Å². The van der Waals surface area contributed by atoms with Gasteiger partial charge in [0.05, 0.1) is 5.69 Å². The molecule has 112 valence electrons. The molecule has 0 bridgehead atoms. The van der Waals surface area contributed by atoms with E-state index in [1.807, 2.05) is 48.5 Å². The van der Waals surface area contributed by atoms with Crippen LogP contribution in [-0.2, 0) is 6.61 Å². The van der Waals surface area contributed by atoms with Crippen LogP contribution in [0.15, 0.2) is 67.0 Å². The van der Waals surface area contributed by atoms with E-state index in [0.717, 1.165) is 16.7 Å². The summed E-state index contributed by atoms with van der Waals surface area (Å²) in [6.07, 6.45) is 3.41. The molecule has 3 rings (SSSR count). The molecule has 23 heavy (non-hydrogen) atoms. The van der Waals surface area contributed by atoms with Gasteiger partial charge in [0.25, 0.3) is 0 Å². The molecule has 2 aromatic carbocycles. The normalized spacial score (nSPS) is 10.0. The van der Waals surface area contributed by atoms with Crippen molar-refractivity contribution in [1.29, 1.82) is 5.26 Å². The zero-order chi connectivity index (χ0) is 16.1. The van der Waals surface area contributed by atoms with Crippen LogP contribution in [0.25, 0.3) is 11.1 Å². The Morgan fingerprint density at radius 3 is 2.43 bits per heavy atom. The fourth-order valence-electron chi connectivity index (χ4n) is 2.34. The molecular weight excluding hydrogens is 286 g/mol. The van der Waals surface area contributed by atoms with Crippen LogP contribution >= 0.6 is 0 Å². The van der Waals surface area contributed by atoms with Crippen LogP contribution in [0, 0.1) is 11.3 Å². The van der Waals surface area contributed by atoms with Gasteiger partial charge < -0.3 is 10.5 Å². The van der Waals surface area contributed by atoms with Crippen molar-refractivity contribution in [3.05, 3.63) is 78.1 Å². The minimum Gasteiger partial charge on any atom is -0.487 e. The van der Waals surface area contributed by atoms with Gasteiger partial charge in [0.15, 0.2) is 0 Å². The Bertz CT molecular complexity index is 840. The Morgan fingerprint density at radius 2 is 1.74 bits per heavy atom. The van der Waals surface area contributed by atoms with Gasteiger partial charge in [-0.1, -0.05) is 30.3 Å². The Kier molecular flexibility index (Phi) is 4.21. The Labute approximate surface area is 134 Å². The number of rotatable bonds is 4. The van der Waals surface area contributed by atoms with E-state index in [1.165, 1.54) is 0 Å². The summed E-state index contributed by atoms with van der Waals surface area (Å²) in [7, 11) is 0. The average Bonchev–Trinajstić information content (AvgIpc) is 2.61. The number of nitrogen functional groups attached to an aromatic ring is 1. The highest BCUT2D eigenvalue weighted by Gasteiger charge is 2.13. The number of anilines is 1.